The lowest BCUT2D eigenvalue weighted by atomic mass is 10.2. The van der Waals surface area contributed by atoms with Crippen LogP contribution in [0.4, 0.5) is 11.5 Å². The fourth-order valence-corrected chi connectivity index (χ4v) is 3.30. The number of benzene rings is 2. The molecule has 0 aliphatic rings. The van der Waals surface area contributed by atoms with Gasteiger partial charge in [-0.15, -0.1) is 0 Å². The standard InChI is InChI=1S/C22H21N7O3/c1-2-3-11-24-22(30)18-19-21(27-17-10-5-4-9-16(17)26-19)28(20(18)23)25-13-14-7-6-8-15(12-14)29(31)32/h4-10,12-13H,2-3,11,23H2,1H3,(H,24,30)/b25-13+. The van der Waals surface area contributed by atoms with Gasteiger partial charge in [0.2, 0.25) is 0 Å². The van der Waals surface area contributed by atoms with Crippen molar-refractivity contribution >= 4 is 45.8 Å². The molecule has 1 amide bonds. The number of nitrogens with one attached hydrogen (secondary N) is 1. The molecule has 162 valence electrons. The SMILES string of the molecule is CCCCNC(=O)c1c(N)n(/N=C/c2cccc([N+](=O)[O-])c2)c2nc3ccccc3nc12. The molecule has 3 N–H and O–H groups in total. The number of anilines is 1. The normalized spacial score (nSPS) is 11.4. The van der Waals surface area contributed by atoms with Crippen molar-refractivity contribution < 1.29 is 9.72 Å². The van der Waals surface area contributed by atoms with Crippen LogP contribution in [0.1, 0.15) is 35.7 Å². The van der Waals surface area contributed by atoms with Gasteiger partial charge >= 0.3 is 0 Å². The number of aromatic nitrogens is 3. The minimum atomic E-state index is -0.479. The zero-order valence-corrected chi connectivity index (χ0v) is 17.4. The molecule has 0 saturated heterocycles. The van der Waals surface area contributed by atoms with Crippen LogP contribution in [0.25, 0.3) is 22.2 Å². The van der Waals surface area contributed by atoms with Gasteiger partial charge in [-0.1, -0.05) is 37.6 Å². The maximum Gasteiger partial charge on any atom is 0.270 e. The summed E-state index contributed by atoms with van der Waals surface area (Å²) < 4.78 is 1.34. The number of carbonyl (C=O) groups is 1. The molecule has 0 aliphatic carbocycles. The summed E-state index contributed by atoms with van der Waals surface area (Å²) in [4.78, 5) is 32.7. The van der Waals surface area contributed by atoms with Gasteiger partial charge in [0.1, 0.15) is 16.9 Å². The average molecular weight is 431 g/mol. The van der Waals surface area contributed by atoms with Crippen LogP contribution in [0, 0.1) is 10.1 Å². The van der Waals surface area contributed by atoms with E-state index in [1.807, 2.05) is 19.1 Å². The van der Waals surface area contributed by atoms with Gasteiger partial charge in [-0.2, -0.15) is 9.78 Å². The van der Waals surface area contributed by atoms with E-state index in [0.717, 1.165) is 12.8 Å². The molecular weight excluding hydrogens is 410 g/mol. The third kappa shape index (κ3) is 3.97. The predicted molar refractivity (Wildman–Crippen MR) is 123 cm³/mol. The van der Waals surface area contributed by atoms with E-state index >= 15 is 0 Å². The molecule has 0 bridgehead atoms. The molecule has 0 saturated carbocycles. The summed E-state index contributed by atoms with van der Waals surface area (Å²) in [5, 5.41) is 18.3. The number of hydrogen-bond donors (Lipinski definition) is 2. The molecule has 0 aliphatic heterocycles. The number of unbranched alkanes of at least 4 members (excludes halogenated alkanes) is 1. The molecule has 0 spiro atoms. The van der Waals surface area contributed by atoms with Crippen molar-refractivity contribution in [1.82, 2.24) is 20.0 Å². The number of nitrogens with two attached hydrogens (primary N) is 1. The smallest absolute Gasteiger partial charge is 0.270 e. The van der Waals surface area contributed by atoms with Gasteiger partial charge in [0.15, 0.2) is 5.65 Å². The Morgan fingerprint density at radius 2 is 1.97 bits per heavy atom. The Morgan fingerprint density at radius 3 is 2.69 bits per heavy atom. The summed E-state index contributed by atoms with van der Waals surface area (Å²) in [7, 11) is 0. The van der Waals surface area contributed by atoms with Crippen LogP contribution in [-0.2, 0) is 0 Å². The summed E-state index contributed by atoms with van der Waals surface area (Å²) in [6.07, 6.45) is 3.21. The molecule has 0 radical (unpaired) electrons. The molecule has 4 rings (SSSR count). The summed E-state index contributed by atoms with van der Waals surface area (Å²) in [6, 6.07) is 13.3. The highest BCUT2D eigenvalue weighted by Gasteiger charge is 2.23. The molecule has 4 aromatic rings. The molecule has 32 heavy (non-hydrogen) atoms. The summed E-state index contributed by atoms with van der Waals surface area (Å²) in [6.45, 7) is 2.55. The van der Waals surface area contributed by atoms with Crippen molar-refractivity contribution in [2.45, 2.75) is 19.8 Å². The number of non-ortho nitro benzene ring substituents is 1. The lowest BCUT2D eigenvalue weighted by Crippen LogP contribution is -2.25. The van der Waals surface area contributed by atoms with E-state index in [0.29, 0.717) is 34.3 Å². The van der Waals surface area contributed by atoms with E-state index in [1.165, 1.54) is 23.0 Å². The lowest BCUT2D eigenvalue weighted by Gasteiger charge is -2.04. The van der Waals surface area contributed by atoms with Crippen molar-refractivity contribution in [3.8, 4) is 0 Å². The van der Waals surface area contributed by atoms with E-state index in [1.54, 1.807) is 24.3 Å². The van der Waals surface area contributed by atoms with Crippen molar-refractivity contribution in [2.24, 2.45) is 5.10 Å². The van der Waals surface area contributed by atoms with Crippen molar-refractivity contribution in [3.63, 3.8) is 0 Å². The van der Waals surface area contributed by atoms with Gasteiger partial charge in [0, 0.05) is 24.2 Å². The lowest BCUT2D eigenvalue weighted by molar-refractivity contribution is -0.384. The number of nitrogens with zero attached hydrogens (tertiary/aromatic N) is 5. The first-order valence-corrected chi connectivity index (χ1v) is 10.1. The zero-order chi connectivity index (χ0) is 22.7. The van der Waals surface area contributed by atoms with Crippen LogP contribution >= 0.6 is 0 Å². The van der Waals surface area contributed by atoms with Crippen LogP contribution in [0.3, 0.4) is 0 Å². The first-order chi connectivity index (χ1) is 15.5. The number of fused-ring (bicyclic) bond motifs is 2. The summed E-state index contributed by atoms with van der Waals surface area (Å²) in [5.41, 5.74) is 8.89. The first kappa shape index (κ1) is 20.9. The van der Waals surface area contributed by atoms with Crippen LogP contribution in [0.2, 0.25) is 0 Å². The fourth-order valence-electron chi connectivity index (χ4n) is 3.30. The molecule has 10 nitrogen and oxygen atoms in total. The number of rotatable bonds is 7. The maximum absolute atomic E-state index is 12.9. The van der Waals surface area contributed by atoms with Gasteiger partial charge in [-0.3, -0.25) is 14.9 Å². The monoisotopic (exact) mass is 431 g/mol. The summed E-state index contributed by atoms with van der Waals surface area (Å²) >= 11 is 0. The average Bonchev–Trinajstić information content (AvgIpc) is 3.06. The predicted octanol–water partition coefficient (Wildman–Crippen LogP) is 3.49. The number of carbonyl (C=O) groups excluding carboxylic acids is 1. The number of nitrogen functional groups attached to an aromatic ring is 1. The quantitative estimate of drug-likeness (QED) is 0.199. The molecule has 10 heteroatoms. The van der Waals surface area contributed by atoms with E-state index < -0.39 is 4.92 Å². The fraction of sp³-hybridized carbons (Fsp3) is 0.182. The highest BCUT2D eigenvalue weighted by molar-refractivity contribution is 6.10. The minimum absolute atomic E-state index is 0.0546. The highest BCUT2D eigenvalue weighted by Crippen LogP contribution is 2.28. The van der Waals surface area contributed by atoms with E-state index in [9.17, 15) is 14.9 Å². The number of hydrogen-bond acceptors (Lipinski definition) is 7. The Kier molecular flexibility index (Phi) is 5.75. The van der Waals surface area contributed by atoms with E-state index in [2.05, 4.69) is 20.4 Å². The van der Waals surface area contributed by atoms with Crippen LogP contribution in [0.5, 0.6) is 0 Å². The number of amides is 1. The minimum Gasteiger partial charge on any atom is -0.383 e. The molecule has 0 atom stereocenters. The second-order valence-corrected chi connectivity index (χ2v) is 7.16. The number of para-hydroxylation sites is 2. The van der Waals surface area contributed by atoms with Crippen LogP contribution in [0.15, 0.2) is 53.6 Å². The molecule has 0 unspecified atom stereocenters. The third-order valence-electron chi connectivity index (χ3n) is 4.92. The number of nitro groups is 1. The Hall–Kier alpha value is -4.34. The Bertz CT molecular complexity index is 1360. The molecule has 2 aromatic carbocycles. The first-order valence-electron chi connectivity index (χ1n) is 10.1. The van der Waals surface area contributed by atoms with Crippen molar-refractivity contribution in [1.29, 1.82) is 0 Å². The number of nitro benzene ring substituents is 1. The Morgan fingerprint density at radius 1 is 1.22 bits per heavy atom. The second kappa shape index (κ2) is 8.80. The molecule has 2 heterocycles. The van der Waals surface area contributed by atoms with E-state index in [-0.39, 0.29) is 23.0 Å². The van der Waals surface area contributed by atoms with Gasteiger partial charge in [0.05, 0.1) is 22.2 Å². The second-order valence-electron chi connectivity index (χ2n) is 7.16. The van der Waals surface area contributed by atoms with Gasteiger partial charge in [-0.25, -0.2) is 9.97 Å². The highest BCUT2D eigenvalue weighted by atomic mass is 16.6. The Labute approximate surface area is 182 Å². The summed E-state index contributed by atoms with van der Waals surface area (Å²) in [5.74, 6) is -0.263. The van der Waals surface area contributed by atoms with Gasteiger partial charge < -0.3 is 11.1 Å². The topological polar surface area (TPSA) is 141 Å². The third-order valence-corrected chi connectivity index (χ3v) is 4.92. The Balaban J connectivity index is 1.85. The van der Waals surface area contributed by atoms with E-state index in [4.69, 9.17) is 5.73 Å². The van der Waals surface area contributed by atoms with Crippen LogP contribution in [-0.4, -0.2) is 38.2 Å². The largest absolute Gasteiger partial charge is 0.383 e. The van der Waals surface area contributed by atoms with Crippen molar-refractivity contribution in [2.75, 3.05) is 12.3 Å². The van der Waals surface area contributed by atoms with Crippen LogP contribution < -0.4 is 11.1 Å². The van der Waals surface area contributed by atoms with Gasteiger partial charge in [-0.05, 0) is 18.6 Å². The molecular formula is C22H21N7O3. The zero-order valence-electron chi connectivity index (χ0n) is 17.4. The van der Waals surface area contributed by atoms with Crippen molar-refractivity contribution in [3.05, 3.63) is 69.8 Å². The van der Waals surface area contributed by atoms with Gasteiger partial charge in [0.25, 0.3) is 11.6 Å². The molecule has 2 aromatic heterocycles. The maximum atomic E-state index is 12.9. The molecule has 0 fully saturated rings.